The van der Waals surface area contributed by atoms with Gasteiger partial charge in [-0.1, -0.05) is 48.5 Å². The van der Waals surface area contributed by atoms with Gasteiger partial charge in [-0.25, -0.2) is 0 Å². The van der Waals surface area contributed by atoms with Gasteiger partial charge in [-0.05, 0) is 18.6 Å². The quantitative estimate of drug-likeness (QED) is 0.538. The molecule has 0 aliphatic heterocycles. The van der Waals surface area contributed by atoms with Gasteiger partial charge in [-0.15, -0.1) is 0 Å². The number of hydrogen-bond acceptors (Lipinski definition) is 2. The molecule has 110 valence electrons. The Bertz CT molecular complexity index is 860. The van der Waals surface area contributed by atoms with Crippen molar-refractivity contribution in [3.63, 3.8) is 0 Å². The second kappa shape index (κ2) is 5.60. The molecule has 3 rings (SSSR count). The van der Waals surface area contributed by atoms with Gasteiger partial charge in [-0.2, -0.15) is 0 Å². The Morgan fingerprint density at radius 1 is 0.955 bits per heavy atom. The van der Waals surface area contributed by atoms with Crippen LogP contribution in [0.15, 0.2) is 54.6 Å². The Balaban J connectivity index is 2.32. The monoisotopic (exact) mass is 291 g/mol. The molecule has 0 atom stereocenters. The van der Waals surface area contributed by atoms with Crippen LogP contribution in [0.5, 0.6) is 0 Å². The summed E-state index contributed by atoms with van der Waals surface area (Å²) in [5.41, 5.74) is 3.48. The number of aromatic nitrogens is 1. The van der Waals surface area contributed by atoms with Crippen LogP contribution in [0.2, 0.25) is 0 Å². The number of rotatable bonds is 4. The summed E-state index contributed by atoms with van der Waals surface area (Å²) in [6.45, 7) is 1.45. The van der Waals surface area contributed by atoms with E-state index in [0.717, 1.165) is 22.2 Å². The van der Waals surface area contributed by atoms with E-state index in [2.05, 4.69) is 0 Å². The van der Waals surface area contributed by atoms with Crippen LogP contribution in [-0.2, 0) is 11.8 Å². The van der Waals surface area contributed by atoms with Gasteiger partial charge in [0.1, 0.15) is 5.78 Å². The third kappa shape index (κ3) is 2.35. The highest BCUT2D eigenvalue weighted by Crippen LogP contribution is 2.33. The van der Waals surface area contributed by atoms with E-state index in [1.54, 1.807) is 0 Å². The van der Waals surface area contributed by atoms with E-state index in [1.807, 2.05) is 66.2 Å². The molecule has 0 aliphatic rings. The van der Waals surface area contributed by atoms with Crippen LogP contribution < -0.4 is 0 Å². The van der Waals surface area contributed by atoms with Crippen molar-refractivity contribution in [1.82, 2.24) is 4.57 Å². The molecule has 3 aromatic rings. The van der Waals surface area contributed by atoms with Crippen molar-refractivity contribution in [1.29, 1.82) is 0 Å². The maximum absolute atomic E-state index is 12.6. The fraction of sp³-hybridized carbons (Fsp3) is 0.158. The van der Waals surface area contributed by atoms with Gasteiger partial charge in [-0.3, -0.25) is 9.59 Å². The second-order valence-corrected chi connectivity index (χ2v) is 5.47. The van der Waals surface area contributed by atoms with Crippen molar-refractivity contribution >= 4 is 22.5 Å². The summed E-state index contributed by atoms with van der Waals surface area (Å²) < 4.78 is 2.03. The number of ketones is 2. The summed E-state index contributed by atoms with van der Waals surface area (Å²) in [5, 5.41) is 0.898. The molecule has 0 spiro atoms. The summed E-state index contributed by atoms with van der Waals surface area (Å²) in [4.78, 5) is 24.0. The number of aryl methyl sites for hydroxylation is 1. The zero-order valence-electron chi connectivity index (χ0n) is 12.7. The van der Waals surface area contributed by atoms with Crippen LogP contribution in [0.25, 0.3) is 22.2 Å². The Labute approximate surface area is 129 Å². The lowest BCUT2D eigenvalue weighted by atomic mass is 9.99. The number of carbonyl (C=O) groups is 2. The Morgan fingerprint density at radius 3 is 2.27 bits per heavy atom. The minimum atomic E-state index is -0.122. The molecule has 1 aromatic heterocycles. The largest absolute Gasteiger partial charge is 0.343 e. The third-order valence-corrected chi connectivity index (χ3v) is 3.84. The molecule has 2 aromatic carbocycles. The summed E-state index contributed by atoms with van der Waals surface area (Å²) in [7, 11) is 1.95. The highest BCUT2D eigenvalue weighted by atomic mass is 16.1. The first-order valence-corrected chi connectivity index (χ1v) is 7.25. The lowest BCUT2D eigenvalue weighted by molar-refractivity contribution is -0.116. The molecule has 0 fully saturated rings. The predicted octanol–water partition coefficient (Wildman–Crippen LogP) is 4.01. The van der Waals surface area contributed by atoms with Gasteiger partial charge in [0.25, 0.3) is 0 Å². The molecule has 1 heterocycles. The van der Waals surface area contributed by atoms with Gasteiger partial charge in [0.15, 0.2) is 5.78 Å². The van der Waals surface area contributed by atoms with E-state index in [1.165, 1.54) is 6.92 Å². The molecular weight excluding hydrogens is 274 g/mol. The maximum Gasteiger partial charge on any atom is 0.173 e. The van der Waals surface area contributed by atoms with Crippen LogP contribution in [0.3, 0.4) is 0 Å². The van der Waals surface area contributed by atoms with E-state index in [-0.39, 0.29) is 18.0 Å². The summed E-state index contributed by atoms with van der Waals surface area (Å²) in [5.74, 6) is -0.236. The normalized spacial score (nSPS) is 10.8. The molecule has 0 N–H and O–H groups in total. The smallest absolute Gasteiger partial charge is 0.173 e. The van der Waals surface area contributed by atoms with Crippen LogP contribution >= 0.6 is 0 Å². The molecule has 3 nitrogen and oxygen atoms in total. The highest BCUT2D eigenvalue weighted by molar-refractivity contribution is 6.18. The molecule has 0 aliphatic carbocycles. The van der Waals surface area contributed by atoms with Crippen molar-refractivity contribution in [3.05, 3.63) is 60.2 Å². The summed E-state index contributed by atoms with van der Waals surface area (Å²) in [6.07, 6.45) is -0.0617. The Kier molecular flexibility index (Phi) is 3.63. The van der Waals surface area contributed by atoms with Crippen molar-refractivity contribution < 1.29 is 9.59 Å². The molecule has 22 heavy (non-hydrogen) atoms. The minimum Gasteiger partial charge on any atom is -0.343 e. The third-order valence-electron chi connectivity index (χ3n) is 3.84. The first-order valence-electron chi connectivity index (χ1n) is 7.25. The van der Waals surface area contributed by atoms with Gasteiger partial charge in [0, 0.05) is 18.0 Å². The predicted molar refractivity (Wildman–Crippen MR) is 88.0 cm³/mol. The lowest BCUT2D eigenvalue weighted by Crippen LogP contribution is -2.06. The van der Waals surface area contributed by atoms with E-state index in [4.69, 9.17) is 0 Å². The van der Waals surface area contributed by atoms with Crippen molar-refractivity contribution in [2.75, 3.05) is 0 Å². The molecule has 0 bridgehead atoms. The number of benzene rings is 2. The van der Waals surface area contributed by atoms with E-state index < -0.39 is 0 Å². The maximum atomic E-state index is 12.6. The molecule has 3 heteroatoms. The average molecular weight is 291 g/mol. The molecule has 0 unspecified atom stereocenters. The standard InChI is InChI=1S/C19H17NO2/c1-13(21)12-17(22)18-15-10-6-7-11-16(15)20(2)19(18)14-8-4-3-5-9-14/h3-11H,12H2,1-2H3. The van der Waals surface area contributed by atoms with Crippen molar-refractivity contribution in [3.8, 4) is 11.3 Å². The molecular formula is C19H17NO2. The Hall–Kier alpha value is -2.68. The van der Waals surface area contributed by atoms with Gasteiger partial charge in [0.05, 0.1) is 17.7 Å². The van der Waals surface area contributed by atoms with Crippen LogP contribution in [0.4, 0.5) is 0 Å². The first-order chi connectivity index (χ1) is 10.6. The summed E-state index contributed by atoms with van der Waals surface area (Å²) in [6, 6.07) is 17.6. The lowest BCUT2D eigenvalue weighted by Gasteiger charge is -2.07. The fourth-order valence-corrected chi connectivity index (χ4v) is 2.92. The minimum absolute atomic E-state index is 0.0617. The first kappa shape index (κ1) is 14.3. The zero-order chi connectivity index (χ0) is 15.7. The SMILES string of the molecule is CC(=O)CC(=O)c1c(-c2ccccc2)n(C)c2ccccc12. The molecule has 0 amide bonds. The van der Waals surface area contributed by atoms with Gasteiger partial charge < -0.3 is 4.57 Å². The van der Waals surface area contributed by atoms with Crippen molar-refractivity contribution in [2.24, 2.45) is 7.05 Å². The number of para-hydroxylation sites is 1. The van der Waals surface area contributed by atoms with Crippen LogP contribution in [0, 0.1) is 0 Å². The van der Waals surface area contributed by atoms with E-state index in [9.17, 15) is 9.59 Å². The highest BCUT2D eigenvalue weighted by Gasteiger charge is 2.22. The zero-order valence-corrected chi connectivity index (χ0v) is 12.7. The summed E-state index contributed by atoms with van der Waals surface area (Å²) >= 11 is 0. The number of hydrogen-bond donors (Lipinski definition) is 0. The number of carbonyl (C=O) groups excluding carboxylic acids is 2. The van der Waals surface area contributed by atoms with E-state index >= 15 is 0 Å². The second-order valence-electron chi connectivity index (χ2n) is 5.47. The van der Waals surface area contributed by atoms with Crippen LogP contribution in [-0.4, -0.2) is 16.1 Å². The fourth-order valence-electron chi connectivity index (χ4n) is 2.92. The van der Waals surface area contributed by atoms with E-state index in [0.29, 0.717) is 5.56 Å². The van der Waals surface area contributed by atoms with Gasteiger partial charge in [0.2, 0.25) is 0 Å². The average Bonchev–Trinajstić information content (AvgIpc) is 2.81. The molecule has 0 radical (unpaired) electrons. The molecule has 0 saturated carbocycles. The molecule has 0 saturated heterocycles. The van der Waals surface area contributed by atoms with Gasteiger partial charge >= 0.3 is 0 Å². The number of nitrogens with zero attached hydrogens (tertiary/aromatic N) is 1. The Morgan fingerprint density at radius 2 is 1.59 bits per heavy atom. The topological polar surface area (TPSA) is 39.1 Å². The van der Waals surface area contributed by atoms with Crippen molar-refractivity contribution in [2.45, 2.75) is 13.3 Å². The number of Topliss-reactive ketones (excluding diaryl/α,β-unsaturated/α-hetero) is 2. The van der Waals surface area contributed by atoms with Crippen LogP contribution in [0.1, 0.15) is 23.7 Å². The number of fused-ring (bicyclic) bond motifs is 1.